The fourth-order valence-corrected chi connectivity index (χ4v) is 2.48. The fourth-order valence-electron chi connectivity index (χ4n) is 2.48. The smallest absolute Gasteiger partial charge is 0.322 e. The van der Waals surface area contributed by atoms with Crippen LogP contribution >= 0.6 is 0 Å². The summed E-state index contributed by atoms with van der Waals surface area (Å²) in [5.41, 5.74) is 1.52. The van der Waals surface area contributed by atoms with Crippen molar-refractivity contribution >= 4 is 23.5 Å². The molecule has 1 aromatic heterocycles. The molecule has 0 aliphatic carbocycles. The summed E-state index contributed by atoms with van der Waals surface area (Å²) in [6, 6.07) is 16.0. The first-order chi connectivity index (χ1) is 13.2. The Bertz CT molecular complexity index is 922. The van der Waals surface area contributed by atoms with Gasteiger partial charge in [0.05, 0.1) is 11.3 Å². The Labute approximate surface area is 156 Å². The first-order valence-electron chi connectivity index (χ1n) is 8.76. The van der Waals surface area contributed by atoms with Crippen LogP contribution in [0.2, 0.25) is 0 Å². The van der Waals surface area contributed by atoms with Crippen LogP contribution in [-0.4, -0.2) is 22.0 Å². The normalized spacial score (nSPS) is 10.4. The molecule has 7 heteroatoms. The highest BCUT2D eigenvalue weighted by Gasteiger charge is 2.16. The predicted octanol–water partition coefficient (Wildman–Crippen LogP) is 4.12. The molecule has 3 rings (SSSR count). The third-order valence-electron chi connectivity index (χ3n) is 3.87. The van der Waals surface area contributed by atoms with Gasteiger partial charge in [0.1, 0.15) is 0 Å². The molecule has 2 aromatic carbocycles. The lowest BCUT2D eigenvalue weighted by Crippen LogP contribution is -2.18. The number of amides is 2. The van der Waals surface area contributed by atoms with E-state index < -0.39 is 5.91 Å². The molecule has 1 heterocycles. The molecule has 0 spiro atoms. The Balaban J connectivity index is 1.72. The molecule has 2 N–H and O–H groups in total. The van der Waals surface area contributed by atoms with E-state index in [-0.39, 0.29) is 11.9 Å². The van der Waals surface area contributed by atoms with Gasteiger partial charge in [-0.15, -0.1) is 5.10 Å². The number of anilines is 2. The van der Waals surface area contributed by atoms with Crippen LogP contribution in [0.25, 0.3) is 11.5 Å². The molecule has 3 aromatic rings. The molecule has 0 unspecified atom stereocenters. The van der Waals surface area contributed by atoms with Crippen molar-refractivity contribution in [3.05, 3.63) is 60.2 Å². The molecule has 0 aliphatic heterocycles. The van der Waals surface area contributed by atoms with Crippen molar-refractivity contribution in [2.24, 2.45) is 0 Å². The predicted molar refractivity (Wildman–Crippen MR) is 102 cm³/mol. The summed E-state index contributed by atoms with van der Waals surface area (Å²) >= 11 is 0. The SMILES string of the molecule is CCCCC(=O)Nc1ccccc1C(=O)Nc1nnc(-c2ccccc2)o1. The van der Waals surface area contributed by atoms with Gasteiger partial charge in [-0.2, -0.15) is 0 Å². The number of carbonyl (C=O) groups excluding carboxylic acids is 2. The number of para-hydroxylation sites is 1. The molecule has 0 fully saturated rings. The molecule has 0 saturated carbocycles. The number of hydrogen-bond acceptors (Lipinski definition) is 5. The summed E-state index contributed by atoms with van der Waals surface area (Å²) in [4.78, 5) is 24.6. The third-order valence-corrected chi connectivity index (χ3v) is 3.87. The number of carbonyl (C=O) groups is 2. The van der Waals surface area contributed by atoms with Gasteiger partial charge in [-0.05, 0) is 30.7 Å². The Kier molecular flexibility index (Phi) is 5.94. The number of nitrogens with one attached hydrogen (secondary N) is 2. The summed E-state index contributed by atoms with van der Waals surface area (Å²) in [7, 11) is 0. The van der Waals surface area contributed by atoms with Crippen molar-refractivity contribution in [1.29, 1.82) is 0 Å². The maximum absolute atomic E-state index is 12.6. The molecule has 27 heavy (non-hydrogen) atoms. The van der Waals surface area contributed by atoms with Crippen LogP contribution in [0.4, 0.5) is 11.7 Å². The maximum atomic E-state index is 12.6. The van der Waals surface area contributed by atoms with Gasteiger partial charge in [-0.25, -0.2) is 0 Å². The van der Waals surface area contributed by atoms with Crippen molar-refractivity contribution in [2.75, 3.05) is 10.6 Å². The van der Waals surface area contributed by atoms with Crippen LogP contribution in [0.3, 0.4) is 0 Å². The lowest BCUT2D eigenvalue weighted by Gasteiger charge is -2.10. The van der Waals surface area contributed by atoms with Gasteiger partial charge in [-0.3, -0.25) is 14.9 Å². The average molecular weight is 364 g/mol. The van der Waals surface area contributed by atoms with Crippen molar-refractivity contribution in [3.63, 3.8) is 0 Å². The van der Waals surface area contributed by atoms with E-state index in [1.807, 2.05) is 37.3 Å². The Hall–Kier alpha value is -3.48. The summed E-state index contributed by atoms with van der Waals surface area (Å²) in [5, 5.41) is 13.1. The van der Waals surface area contributed by atoms with Crippen molar-refractivity contribution in [2.45, 2.75) is 26.2 Å². The van der Waals surface area contributed by atoms with Gasteiger partial charge in [0.15, 0.2) is 0 Å². The van der Waals surface area contributed by atoms with E-state index >= 15 is 0 Å². The zero-order valence-electron chi connectivity index (χ0n) is 14.9. The summed E-state index contributed by atoms with van der Waals surface area (Å²) in [6.07, 6.45) is 2.14. The van der Waals surface area contributed by atoms with Crippen LogP contribution < -0.4 is 10.6 Å². The van der Waals surface area contributed by atoms with Crippen LogP contribution in [0.1, 0.15) is 36.5 Å². The topological polar surface area (TPSA) is 97.1 Å². The molecule has 0 aliphatic rings. The van der Waals surface area contributed by atoms with Crippen LogP contribution in [-0.2, 0) is 4.79 Å². The quantitative estimate of drug-likeness (QED) is 0.657. The minimum Gasteiger partial charge on any atom is -0.403 e. The van der Waals surface area contributed by atoms with E-state index in [1.165, 1.54) is 0 Å². The lowest BCUT2D eigenvalue weighted by atomic mass is 10.1. The number of aromatic nitrogens is 2. The second kappa shape index (κ2) is 8.75. The monoisotopic (exact) mass is 364 g/mol. The molecule has 7 nitrogen and oxygen atoms in total. The Morgan fingerprint density at radius 1 is 0.963 bits per heavy atom. The maximum Gasteiger partial charge on any atom is 0.322 e. The van der Waals surface area contributed by atoms with Crippen molar-refractivity contribution < 1.29 is 14.0 Å². The van der Waals surface area contributed by atoms with Crippen molar-refractivity contribution in [3.8, 4) is 11.5 Å². The minimum atomic E-state index is -0.440. The summed E-state index contributed by atoms with van der Waals surface area (Å²) < 4.78 is 5.49. The van der Waals surface area contributed by atoms with Crippen LogP contribution in [0.15, 0.2) is 59.0 Å². The number of unbranched alkanes of at least 4 members (excludes halogenated alkanes) is 1. The number of rotatable bonds is 7. The summed E-state index contributed by atoms with van der Waals surface area (Å²) in [6.45, 7) is 2.02. The molecule has 0 atom stereocenters. The highest BCUT2D eigenvalue weighted by Crippen LogP contribution is 2.21. The van der Waals surface area contributed by atoms with Crippen molar-refractivity contribution in [1.82, 2.24) is 10.2 Å². The average Bonchev–Trinajstić information content (AvgIpc) is 3.16. The first kappa shape index (κ1) is 18.3. The number of nitrogens with zero attached hydrogens (tertiary/aromatic N) is 2. The van der Waals surface area contributed by atoms with Gasteiger partial charge in [0, 0.05) is 12.0 Å². The van der Waals surface area contributed by atoms with Gasteiger partial charge in [0.25, 0.3) is 5.91 Å². The van der Waals surface area contributed by atoms with Crippen LogP contribution in [0.5, 0.6) is 0 Å². The largest absolute Gasteiger partial charge is 0.403 e. The summed E-state index contributed by atoms with van der Waals surface area (Å²) in [5.74, 6) is -0.252. The molecule has 138 valence electrons. The van der Waals surface area contributed by atoms with Gasteiger partial charge < -0.3 is 9.73 Å². The van der Waals surface area contributed by atoms with Crippen LogP contribution in [0, 0.1) is 0 Å². The van der Waals surface area contributed by atoms with Gasteiger partial charge >= 0.3 is 6.01 Å². The molecular formula is C20H20N4O3. The zero-order valence-corrected chi connectivity index (χ0v) is 14.9. The van der Waals surface area contributed by atoms with Gasteiger partial charge in [-0.1, -0.05) is 48.8 Å². The Morgan fingerprint density at radius 3 is 2.48 bits per heavy atom. The molecule has 2 amide bonds. The molecular weight excluding hydrogens is 344 g/mol. The van der Waals surface area contributed by atoms with E-state index in [0.717, 1.165) is 18.4 Å². The highest BCUT2D eigenvalue weighted by molar-refractivity contribution is 6.09. The Morgan fingerprint density at radius 2 is 1.70 bits per heavy atom. The highest BCUT2D eigenvalue weighted by atomic mass is 16.4. The second-order valence-electron chi connectivity index (χ2n) is 5.93. The van der Waals surface area contributed by atoms with E-state index in [4.69, 9.17) is 4.42 Å². The second-order valence-corrected chi connectivity index (χ2v) is 5.93. The van der Waals surface area contributed by atoms with E-state index in [2.05, 4.69) is 20.8 Å². The van der Waals surface area contributed by atoms with E-state index in [9.17, 15) is 9.59 Å². The minimum absolute atomic E-state index is 0.00837. The lowest BCUT2D eigenvalue weighted by molar-refractivity contribution is -0.116. The number of hydrogen-bond donors (Lipinski definition) is 2. The first-order valence-corrected chi connectivity index (χ1v) is 8.76. The van der Waals surface area contributed by atoms with E-state index in [1.54, 1.807) is 24.3 Å². The molecule has 0 saturated heterocycles. The fraction of sp³-hybridized carbons (Fsp3) is 0.200. The van der Waals surface area contributed by atoms with E-state index in [0.29, 0.717) is 23.6 Å². The number of benzene rings is 2. The standard InChI is InChI=1S/C20H20N4O3/c1-2-3-13-17(25)21-16-12-8-7-11-15(16)18(26)22-20-24-23-19(27-20)14-9-5-4-6-10-14/h4-12H,2-3,13H2,1H3,(H,21,25)(H,22,24,26). The molecule has 0 bridgehead atoms. The third kappa shape index (κ3) is 4.78. The van der Waals surface area contributed by atoms with Gasteiger partial charge in [0.2, 0.25) is 11.8 Å². The molecule has 0 radical (unpaired) electrons. The zero-order chi connectivity index (χ0) is 19.1.